The molecule has 4 aliphatic rings. The first-order valence-electron chi connectivity index (χ1n) is 11.3. The Morgan fingerprint density at radius 1 is 1.11 bits per heavy atom. The molecule has 0 aromatic heterocycles. The Morgan fingerprint density at radius 2 is 1.89 bits per heavy atom. The van der Waals surface area contributed by atoms with Crippen molar-refractivity contribution in [2.45, 2.75) is 103 Å². The molecule has 7 unspecified atom stereocenters. The van der Waals surface area contributed by atoms with Gasteiger partial charge in [0.2, 0.25) is 0 Å². The Balaban J connectivity index is 1.49. The number of rotatable bonds is 4. The molecule has 0 radical (unpaired) electrons. The zero-order chi connectivity index (χ0) is 19.4. The van der Waals surface area contributed by atoms with Crippen LogP contribution in [0, 0.1) is 28.6 Å². The molecule has 0 spiro atoms. The fourth-order valence-electron chi connectivity index (χ4n) is 7.32. The second-order valence-electron chi connectivity index (χ2n) is 11.2. The average Bonchev–Trinajstić information content (AvgIpc) is 2.91. The van der Waals surface area contributed by atoms with Gasteiger partial charge >= 0.3 is 0 Å². The van der Waals surface area contributed by atoms with Crippen LogP contribution in [0.3, 0.4) is 0 Å². The summed E-state index contributed by atoms with van der Waals surface area (Å²) >= 11 is 0. The highest BCUT2D eigenvalue weighted by atomic mass is 16.5. The lowest BCUT2D eigenvalue weighted by Gasteiger charge is -2.57. The van der Waals surface area contributed by atoms with Crippen molar-refractivity contribution < 1.29 is 14.9 Å². The average molecular weight is 377 g/mol. The van der Waals surface area contributed by atoms with Crippen LogP contribution in [-0.2, 0) is 4.74 Å². The van der Waals surface area contributed by atoms with E-state index >= 15 is 0 Å². The Bertz CT molecular complexity index is 591. The van der Waals surface area contributed by atoms with Gasteiger partial charge in [-0.1, -0.05) is 25.5 Å². The number of hydrogen-bond donors (Lipinski definition) is 2. The van der Waals surface area contributed by atoms with Gasteiger partial charge in [-0.3, -0.25) is 0 Å². The molecule has 0 aromatic rings. The molecule has 0 bridgehead atoms. The van der Waals surface area contributed by atoms with E-state index in [-0.39, 0.29) is 6.10 Å². The fourth-order valence-corrected chi connectivity index (χ4v) is 7.32. The maximum absolute atomic E-state index is 10.1. The molecular formula is C24H40O3. The summed E-state index contributed by atoms with van der Waals surface area (Å²) in [5.41, 5.74) is 1.54. The summed E-state index contributed by atoms with van der Waals surface area (Å²) in [4.78, 5) is 0. The molecule has 3 saturated carbocycles. The van der Waals surface area contributed by atoms with E-state index in [1.54, 1.807) is 5.57 Å². The molecule has 27 heavy (non-hydrogen) atoms. The van der Waals surface area contributed by atoms with Crippen molar-refractivity contribution >= 4 is 0 Å². The largest absolute Gasteiger partial charge is 0.393 e. The molecule has 3 nitrogen and oxygen atoms in total. The van der Waals surface area contributed by atoms with E-state index in [4.69, 9.17) is 4.74 Å². The van der Waals surface area contributed by atoms with Gasteiger partial charge in [0.15, 0.2) is 0 Å². The molecule has 4 aliphatic carbocycles. The highest BCUT2D eigenvalue weighted by Crippen LogP contribution is 2.65. The Hall–Kier alpha value is -0.380. The molecule has 0 heterocycles. The summed E-state index contributed by atoms with van der Waals surface area (Å²) in [5, 5.41) is 20.1. The van der Waals surface area contributed by atoms with Crippen molar-refractivity contribution in [1.82, 2.24) is 0 Å². The predicted octanol–water partition coefficient (Wildman–Crippen LogP) is 4.86. The molecule has 3 heteroatoms. The normalized spacial score (nSPS) is 47.0. The Morgan fingerprint density at radius 3 is 2.63 bits per heavy atom. The fraction of sp³-hybridized carbons (Fsp3) is 0.917. The number of ether oxygens (including phenoxy) is 1. The minimum absolute atomic E-state index is 0.116. The Kier molecular flexibility index (Phi) is 5.05. The van der Waals surface area contributed by atoms with Gasteiger partial charge in [0.1, 0.15) is 0 Å². The van der Waals surface area contributed by atoms with Crippen LogP contribution < -0.4 is 0 Å². The number of aliphatic hydroxyl groups excluding tert-OH is 1. The zero-order valence-electron chi connectivity index (χ0n) is 17.8. The smallest absolute Gasteiger partial charge is 0.0631 e. The van der Waals surface area contributed by atoms with E-state index in [1.807, 2.05) is 13.8 Å². The summed E-state index contributed by atoms with van der Waals surface area (Å²) in [6.07, 6.45) is 12.8. The molecule has 0 saturated heterocycles. The maximum Gasteiger partial charge on any atom is 0.0631 e. The third-order valence-electron chi connectivity index (χ3n) is 9.02. The van der Waals surface area contributed by atoms with Crippen molar-refractivity contribution in [2.75, 3.05) is 6.61 Å². The standard InChI is InChI=1S/C24H40O3/c1-22(2,26)13-14-27-21-8-7-19-18-6-5-16-15-17(25)9-11-23(16,3)20(18)10-12-24(19,21)4/h5,17-21,25-26H,6-15H2,1-4H3. The molecule has 0 amide bonds. The minimum Gasteiger partial charge on any atom is -0.393 e. The third kappa shape index (κ3) is 3.42. The molecule has 2 N–H and O–H groups in total. The molecule has 3 fully saturated rings. The van der Waals surface area contributed by atoms with Crippen molar-refractivity contribution in [1.29, 1.82) is 0 Å². The molecule has 0 aliphatic heterocycles. The number of aliphatic hydroxyl groups is 2. The van der Waals surface area contributed by atoms with E-state index in [1.165, 1.54) is 32.1 Å². The predicted molar refractivity (Wildman–Crippen MR) is 108 cm³/mol. The maximum atomic E-state index is 10.1. The van der Waals surface area contributed by atoms with Gasteiger partial charge in [-0.25, -0.2) is 0 Å². The van der Waals surface area contributed by atoms with Crippen LogP contribution in [0.15, 0.2) is 11.6 Å². The van der Waals surface area contributed by atoms with Gasteiger partial charge in [0.05, 0.1) is 17.8 Å². The summed E-state index contributed by atoms with van der Waals surface area (Å²) in [5.74, 6) is 2.35. The van der Waals surface area contributed by atoms with Crippen LogP contribution in [0.1, 0.15) is 85.5 Å². The van der Waals surface area contributed by atoms with Crippen LogP contribution in [0.4, 0.5) is 0 Å². The van der Waals surface area contributed by atoms with Gasteiger partial charge in [-0.05, 0) is 100 Å². The van der Waals surface area contributed by atoms with E-state index in [0.29, 0.717) is 30.0 Å². The van der Waals surface area contributed by atoms with Gasteiger partial charge in [-0.2, -0.15) is 0 Å². The highest BCUT2D eigenvalue weighted by molar-refractivity contribution is 5.25. The highest BCUT2D eigenvalue weighted by Gasteiger charge is 2.58. The van der Waals surface area contributed by atoms with Gasteiger partial charge < -0.3 is 14.9 Å². The summed E-state index contributed by atoms with van der Waals surface area (Å²) in [7, 11) is 0. The Labute approximate surface area is 165 Å². The lowest BCUT2D eigenvalue weighted by Crippen LogP contribution is -2.51. The molecule has 0 aromatic carbocycles. The molecule has 154 valence electrons. The molecule has 7 atom stereocenters. The van der Waals surface area contributed by atoms with Crippen molar-refractivity contribution in [2.24, 2.45) is 28.6 Å². The van der Waals surface area contributed by atoms with E-state index in [9.17, 15) is 10.2 Å². The summed E-state index contributed by atoms with van der Waals surface area (Å²) in [6.45, 7) is 9.39. The van der Waals surface area contributed by atoms with Gasteiger partial charge in [-0.15, -0.1) is 0 Å². The van der Waals surface area contributed by atoms with E-state index in [2.05, 4.69) is 19.9 Å². The van der Waals surface area contributed by atoms with Crippen molar-refractivity contribution in [3.63, 3.8) is 0 Å². The first-order valence-corrected chi connectivity index (χ1v) is 11.3. The van der Waals surface area contributed by atoms with Crippen molar-refractivity contribution in [3.8, 4) is 0 Å². The first-order chi connectivity index (χ1) is 12.6. The van der Waals surface area contributed by atoms with Crippen LogP contribution in [0.2, 0.25) is 0 Å². The second-order valence-corrected chi connectivity index (χ2v) is 11.2. The number of hydrogen-bond acceptors (Lipinski definition) is 3. The molecule has 4 rings (SSSR count). The third-order valence-corrected chi connectivity index (χ3v) is 9.02. The lowest BCUT2D eigenvalue weighted by molar-refractivity contribution is -0.0997. The summed E-state index contributed by atoms with van der Waals surface area (Å²) in [6, 6.07) is 0. The topological polar surface area (TPSA) is 49.7 Å². The van der Waals surface area contributed by atoms with Gasteiger partial charge in [0.25, 0.3) is 0 Å². The summed E-state index contributed by atoms with van der Waals surface area (Å²) < 4.78 is 6.37. The quantitative estimate of drug-likeness (QED) is 0.689. The zero-order valence-corrected chi connectivity index (χ0v) is 17.8. The minimum atomic E-state index is -0.638. The molecular weight excluding hydrogens is 336 g/mol. The van der Waals surface area contributed by atoms with Crippen LogP contribution in [0.25, 0.3) is 0 Å². The first kappa shape index (κ1) is 19.9. The van der Waals surface area contributed by atoms with E-state index in [0.717, 1.165) is 37.0 Å². The van der Waals surface area contributed by atoms with Crippen LogP contribution >= 0.6 is 0 Å². The SMILES string of the molecule is CC(C)(O)CCOC1CCC2C3CC=C4CC(O)CCC4(C)C3CCC12C. The lowest BCUT2D eigenvalue weighted by atomic mass is 9.48. The number of allylic oxidation sites excluding steroid dienone is 1. The van der Waals surface area contributed by atoms with Crippen LogP contribution in [-0.4, -0.2) is 34.6 Å². The van der Waals surface area contributed by atoms with Crippen LogP contribution in [0.5, 0.6) is 0 Å². The monoisotopic (exact) mass is 376 g/mol. The second kappa shape index (κ2) is 6.85. The van der Waals surface area contributed by atoms with Crippen molar-refractivity contribution in [3.05, 3.63) is 11.6 Å². The van der Waals surface area contributed by atoms with E-state index < -0.39 is 5.60 Å². The van der Waals surface area contributed by atoms with Gasteiger partial charge in [0, 0.05) is 6.61 Å². The number of fused-ring (bicyclic) bond motifs is 5.